The number of hydrogen-bond donors (Lipinski definition) is 1. The summed E-state index contributed by atoms with van der Waals surface area (Å²) in [5.41, 5.74) is 2.93. The van der Waals surface area contributed by atoms with E-state index in [0.717, 1.165) is 22.2 Å². The Bertz CT molecular complexity index is 1320. The average molecular weight is 460 g/mol. The Balaban J connectivity index is 1.56. The fraction of sp³-hybridized carbons (Fsp3) is 0.200. The molecule has 0 radical (unpaired) electrons. The van der Waals surface area contributed by atoms with Gasteiger partial charge in [-0.1, -0.05) is 12.1 Å². The van der Waals surface area contributed by atoms with E-state index in [1.54, 1.807) is 26.2 Å². The number of nitrogens with zero attached hydrogens (tertiary/aromatic N) is 3. The zero-order chi connectivity index (χ0) is 24.1. The van der Waals surface area contributed by atoms with Gasteiger partial charge in [0.15, 0.2) is 5.82 Å². The largest absolute Gasteiger partial charge is 0.497 e. The Morgan fingerprint density at radius 3 is 2.53 bits per heavy atom. The lowest BCUT2D eigenvalue weighted by Gasteiger charge is -2.19. The molecule has 174 valence electrons. The Morgan fingerprint density at radius 2 is 1.82 bits per heavy atom. The minimum atomic E-state index is -0.416. The smallest absolute Gasteiger partial charge is 0.354 e. The van der Waals surface area contributed by atoms with Crippen molar-refractivity contribution in [2.75, 3.05) is 20.8 Å². The summed E-state index contributed by atoms with van der Waals surface area (Å²) in [4.78, 5) is 42.2. The highest BCUT2D eigenvalue weighted by Gasteiger charge is 2.19. The highest BCUT2D eigenvalue weighted by Crippen LogP contribution is 2.23. The van der Waals surface area contributed by atoms with Gasteiger partial charge in [0.1, 0.15) is 17.1 Å². The molecule has 0 atom stereocenters. The standard InChI is InChI=1S/C25H24N4O5/c1-4-34-25(31)22-14-18-13-17(7-10-20(18)27-22)23-26-12-11-21(28-23)24(30)29(33-3)15-16-5-8-19(32-2)9-6-16/h5-14,27H,4,15H2,1-3H3. The van der Waals surface area contributed by atoms with Gasteiger partial charge in [-0.3, -0.25) is 9.63 Å². The zero-order valence-electron chi connectivity index (χ0n) is 19.1. The second-order valence-corrected chi connectivity index (χ2v) is 7.34. The van der Waals surface area contributed by atoms with Crippen LogP contribution in [-0.2, 0) is 16.1 Å². The minimum absolute atomic E-state index is 0.196. The van der Waals surface area contributed by atoms with Crippen LogP contribution in [0.15, 0.2) is 60.8 Å². The van der Waals surface area contributed by atoms with Crippen molar-refractivity contribution in [2.24, 2.45) is 0 Å². The van der Waals surface area contributed by atoms with E-state index in [2.05, 4.69) is 15.0 Å². The molecular formula is C25H24N4O5. The molecule has 4 rings (SSSR count). The van der Waals surface area contributed by atoms with Gasteiger partial charge < -0.3 is 14.5 Å². The van der Waals surface area contributed by atoms with Crippen molar-refractivity contribution in [3.8, 4) is 17.1 Å². The summed E-state index contributed by atoms with van der Waals surface area (Å²) in [6.45, 7) is 2.29. The van der Waals surface area contributed by atoms with Crippen molar-refractivity contribution >= 4 is 22.8 Å². The van der Waals surface area contributed by atoms with Crippen LogP contribution in [0.5, 0.6) is 5.75 Å². The monoisotopic (exact) mass is 460 g/mol. The van der Waals surface area contributed by atoms with Crippen LogP contribution in [-0.4, -0.2) is 52.7 Å². The third kappa shape index (κ3) is 4.89. The first kappa shape index (κ1) is 22.9. The molecule has 1 N–H and O–H groups in total. The summed E-state index contributed by atoms with van der Waals surface area (Å²) in [7, 11) is 3.03. The second kappa shape index (κ2) is 10.1. The molecule has 0 aliphatic rings. The van der Waals surface area contributed by atoms with Gasteiger partial charge in [-0.2, -0.15) is 0 Å². The highest BCUT2D eigenvalue weighted by molar-refractivity contribution is 5.96. The number of benzene rings is 2. The van der Waals surface area contributed by atoms with Crippen LogP contribution >= 0.6 is 0 Å². The van der Waals surface area contributed by atoms with E-state index in [0.29, 0.717) is 23.7 Å². The molecule has 0 spiro atoms. The number of hydrogen-bond acceptors (Lipinski definition) is 7. The van der Waals surface area contributed by atoms with Crippen molar-refractivity contribution in [1.82, 2.24) is 20.0 Å². The van der Waals surface area contributed by atoms with E-state index < -0.39 is 11.9 Å². The number of esters is 1. The van der Waals surface area contributed by atoms with Gasteiger partial charge in [-0.05, 0) is 55.0 Å². The lowest BCUT2D eigenvalue weighted by Crippen LogP contribution is -2.30. The normalized spacial score (nSPS) is 10.8. The number of methoxy groups -OCH3 is 1. The van der Waals surface area contributed by atoms with Crippen LogP contribution in [0.4, 0.5) is 0 Å². The van der Waals surface area contributed by atoms with Crippen molar-refractivity contribution in [2.45, 2.75) is 13.5 Å². The molecule has 0 fully saturated rings. The number of amides is 1. The van der Waals surface area contributed by atoms with Gasteiger partial charge >= 0.3 is 5.97 Å². The number of aromatic amines is 1. The number of carbonyl (C=O) groups excluding carboxylic acids is 2. The molecule has 0 aliphatic carbocycles. The van der Waals surface area contributed by atoms with Crippen molar-refractivity contribution < 1.29 is 23.9 Å². The number of rotatable bonds is 8. The van der Waals surface area contributed by atoms with E-state index in [1.807, 2.05) is 42.5 Å². The van der Waals surface area contributed by atoms with Gasteiger partial charge in [0, 0.05) is 22.7 Å². The van der Waals surface area contributed by atoms with Crippen LogP contribution in [0.25, 0.3) is 22.3 Å². The maximum Gasteiger partial charge on any atom is 0.354 e. The van der Waals surface area contributed by atoms with E-state index in [9.17, 15) is 9.59 Å². The van der Waals surface area contributed by atoms with E-state index in [-0.39, 0.29) is 12.2 Å². The molecule has 9 nitrogen and oxygen atoms in total. The first-order chi connectivity index (χ1) is 16.5. The van der Waals surface area contributed by atoms with Crippen molar-refractivity contribution in [3.05, 3.63) is 77.7 Å². The SMILES string of the molecule is CCOC(=O)c1cc2cc(-c3nccc(C(=O)N(Cc4ccc(OC)cc4)OC)n3)ccc2[nH]1. The van der Waals surface area contributed by atoms with Crippen LogP contribution in [0.1, 0.15) is 33.5 Å². The van der Waals surface area contributed by atoms with Crippen LogP contribution in [0.3, 0.4) is 0 Å². The van der Waals surface area contributed by atoms with E-state index in [4.69, 9.17) is 14.3 Å². The molecule has 0 saturated heterocycles. The maximum atomic E-state index is 13.1. The first-order valence-corrected chi connectivity index (χ1v) is 10.6. The Hall–Kier alpha value is -4.24. The molecule has 0 bridgehead atoms. The number of fused-ring (bicyclic) bond motifs is 1. The zero-order valence-corrected chi connectivity index (χ0v) is 19.1. The van der Waals surface area contributed by atoms with E-state index >= 15 is 0 Å². The topological polar surface area (TPSA) is 107 Å². The van der Waals surface area contributed by atoms with Gasteiger partial charge in [-0.25, -0.2) is 19.8 Å². The molecular weight excluding hydrogens is 436 g/mol. The van der Waals surface area contributed by atoms with Crippen LogP contribution < -0.4 is 4.74 Å². The molecule has 2 aromatic heterocycles. The molecule has 34 heavy (non-hydrogen) atoms. The van der Waals surface area contributed by atoms with Gasteiger partial charge in [0.2, 0.25) is 0 Å². The third-order valence-electron chi connectivity index (χ3n) is 5.18. The van der Waals surface area contributed by atoms with Crippen molar-refractivity contribution in [1.29, 1.82) is 0 Å². The molecule has 9 heteroatoms. The quantitative estimate of drug-likeness (QED) is 0.313. The number of H-pyrrole nitrogens is 1. The summed E-state index contributed by atoms with van der Waals surface area (Å²) in [5, 5.41) is 2.04. The summed E-state index contributed by atoms with van der Waals surface area (Å²) in [5.74, 6) is 0.301. The molecule has 0 aliphatic heterocycles. The molecule has 4 aromatic rings. The fourth-order valence-corrected chi connectivity index (χ4v) is 3.45. The highest BCUT2D eigenvalue weighted by atomic mass is 16.7. The number of hydroxylamine groups is 2. The molecule has 0 unspecified atom stereocenters. The summed E-state index contributed by atoms with van der Waals surface area (Å²) in [6.07, 6.45) is 1.53. The Labute approximate surface area is 196 Å². The molecule has 2 heterocycles. The number of carbonyl (C=O) groups is 2. The Morgan fingerprint density at radius 1 is 1.03 bits per heavy atom. The van der Waals surface area contributed by atoms with Gasteiger partial charge in [-0.15, -0.1) is 0 Å². The fourth-order valence-electron chi connectivity index (χ4n) is 3.45. The summed E-state index contributed by atoms with van der Waals surface area (Å²) < 4.78 is 10.2. The van der Waals surface area contributed by atoms with Crippen molar-refractivity contribution in [3.63, 3.8) is 0 Å². The number of aromatic nitrogens is 3. The van der Waals surface area contributed by atoms with E-state index in [1.165, 1.54) is 18.4 Å². The maximum absolute atomic E-state index is 13.1. The van der Waals surface area contributed by atoms with Gasteiger partial charge in [0.25, 0.3) is 5.91 Å². The predicted octanol–water partition coefficient (Wildman–Crippen LogP) is 4.01. The number of ether oxygens (including phenoxy) is 2. The minimum Gasteiger partial charge on any atom is -0.497 e. The summed E-state index contributed by atoms with van der Waals surface area (Å²) in [6, 6.07) is 16.1. The average Bonchev–Trinajstić information content (AvgIpc) is 3.31. The lowest BCUT2D eigenvalue weighted by molar-refractivity contribution is -0.102. The van der Waals surface area contributed by atoms with Gasteiger partial charge in [0.05, 0.1) is 27.4 Å². The first-order valence-electron chi connectivity index (χ1n) is 10.6. The van der Waals surface area contributed by atoms with Crippen LogP contribution in [0.2, 0.25) is 0 Å². The molecule has 2 aromatic carbocycles. The summed E-state index contributed by atoms with van der Waals surface area (Å²) >= 11 is 0. The Kier molecular flexibility index (Phi) is 6.84. The molecule has 1 amide bonds. The lowest BCUT2D eigenvalue weighted by atomic mass is 10.1. The predicted molar refractivity (Wildman–Crippen MR) is 125 cm³/mol. The second-order valence-electron chi connectivity index (χ2n) is 7.34. The third-order valence-corrected chi connectivity index (χ3v) is 5.18. The molecule has 0 saturated carbocycles. The number of nitrogens with one attached hydrogen (secondary N) is 1. The van der Waals surface area contributed by atoms with Crippen LogP contribution in [0, 0.1) is 0 Å².